The van der Waals surface area contributed by atoms with Crippen molar-refractivity contribution in [1.29, 1.82) is 0 Å². The number of aliphatic hydroxyl groups is 1. The van der Waals surface area contributed by atoms with Crippen LogP contribution in [0.4, 0.5) is 0 Å². The molecule has 600 valence electrons. The van der Waals surface area contributed by atoms with Gasteiger partial charge >= 0.3 is 39.5 Å². The molecule has 0 aromatic heterocycles. The van der Waals surface area contributed by atoms with Crippen molar-refractivity contribution in [3.8, 4) is 0 Å². The van der Waals surface area contributed by atoms with Gasteiger partial charge in [-0.3, -0.25) is 37.3 Å². The van der Waals surface area contributed by atoms with Crippen molar-refractivity contribution in [3.05, 3.63) is 0 Å². The van der Waals surface area contributed by atoms with Crippen LogP contribution in [0.5, 0.6) is 0 Å². The van der Waals surface area contributed by atoms with Gasteiger partial charge in [0.05, 0.1) is 26.4 Å². The summed E-state index contributed by atoms with van der Waals surface area (Å²) < 4.78 is 68.7. The van der Waals surface area contributed by atoms with Crippen molar-refractivity contribution in [3.63, 3.8) is 0 Å². The maximum absolute atomic E-state index is 13.1. The maximum Gasteiger partial charge on any atom is 0.472 e. The molecule has 0 aliphatic rings. The lowest BCUT2D eigenvalue weighted by atomic mass is 10.0. The quantitative estimate of drug-likeness (QED) is 0.0222. The van der Waals surface area contributed by atoms with Gasteiger partial charge < -0.3 is 33.8 Å². The SMILES string of the molecule is CCCCCCCCCCCCCCCCCCCCCCCCC(=O)O[C@H](COC(=O)CCCCCCCCCCCCCC(C)C)COP(=O)(O)OC[C@@H](O)COP(=O)(O)OC[C@@H](COC(=O)CCCCCCCCCCCCCC)OC(=O)CCCCCCCCCCCCCCC. The first-order valence-electron chi connectivity index (χ1n) is 42.6. The molecular formula is C82H160O17P2. The second kappa shape index (κ2) is 74.9. The molecular weight excluding hydrogens is 1320 g/mol. The highest BCUT2D eigenvalue weighted by Crippen LogP contribution is 2.45. The third-order valence-electron chi connectivity index (χ3n) is 19.3. The molecule has 0 saturated heterocycles. The topological polar surface area (TPSA) is 237 Å². The summed E-state index contributed by atoms with van der Waals surface area (Å²) in [6.45, 7) is 7.34. The summed E-state index contributed by atoms with van der Waals surface area (Å²) in [5.41, 5.74) is 0. The number of ether oxygens (including phenoxy) is 4. The Balaban J connectivity index is 5.21. The van der Waals surface area contributed by atoms with E-state index in [0.717, 1.165) is 95.8 Å². The number of aliphatic hydroxyl groups excluding tert-OH is 1. The van der Waals surface area contributed by atoms with E-state index in [4.69, 9.17) is 37.0 Å². The first-order valence-corrected chi connectivity index (χ1v) is 45.6. The number of carbonyl (C=O) groups excluding carboxylic acids is 4. The summed E-state index contributed by atoms with van der Waals surface area (Å²) in [6.07, 6.45) is 66.6. The smallest absolute Gasteiger partial charge is 0.462 e. The van der Waals surface area contributed by atoms with Gasteiger partial charge in [0.25, 0.3) is 0 Å². The second-order valence-corrected chi connectivity index (χ2v) is 32.9. The van der Waals surface area contributed by atoms with E-state index in [0.29, 0.717) is 25.7 Å². The van der Waals surface area contributed by atoms with E-state index < -0.39 is 97.5 Å². The molecule has 17 nitrogen and oxygen atoms in total. The minimum absolute atomic E-state index is 0.108. The average molecular weight is 1480 g/mol. The molecule has 0 aromatic carbocycles. The Morgan fingerprint density at radius 1 is 0.267 bits per heavy atom. The van der Waals surface area contributed by atoms with Crippen LogP contribution in [0.15, 0.2) is 0 Å². The first-order chi connectivity index (χ1) is 49.0. The van der Waals surface area contributed by atoms with Crippen LogP contribution in [0.2, 0.25) is 0 Å². The normalized spacial score (nSPS) is 13.8. The van der Waals surface area contributed by atoms with Crippen molar-refractivity contribution in [2.75, 3.05) is 39.6 Å². The lowest BCUT2D eigenvalue weighted by Crippen LogP contribution is -2.30. The van der Waals surface area contributed by atoms with Gasteiger partial charge in [0, 0.05) is 25.7 Å². The number of phosphoric acid groups is 2. The molecule has 0 fully saturated rings. The van der Waals surface area contributed by atoms with Gasteiger partial charge in [-0.15, -0.1) is 0 Å². The molecule has 0 radical (unpaired) electrons. The Hall–Kier alpha value is -1.94. The molecule has 0 spiro atoms. The molecule has 3 N–H and O–H groups in total. The minimum Gasteiger partial charge on any atom is -0.462 e. The van der Waals surface area contributed by atoms with E-state index in [1.54, 1.807) is 0 Å². The summed E-state index contributed by atoms with van der Waals surface area (Å²) in [4.78, 5) is 73.0. The van der Waals surface area contributed by atoms with Crippen molar-refractivity contribution in [1.82, 2.24) is 0 Å². The van der Waals surface area contributed by atoms with E-state index >= 15 is 0 Å². The van der Waals surface area contributed by atoms with Crippen LogP contribution >= 0.6 is 15.6 Å². The van der Waals surface area contributed by atoms with E-state index in [1.807, 2.05) is 0 Å². The molecule has 0 aliphatic heterocycles. The van der Waals surface area contributed by atoms with Gasteiger partial charge in [0.15, 0.2) is 12.2 Å². The number of carbonyl (C=O) groups is 4. The summed E-state index contributed by atoms with van der Waals surface area (Å²) in [7, 11) is -9.92. The molecule has 0 amide bonds. The van der Waals surface area contributed by atoms with Crippen molar-refractivity contribution in [2.24, 2.45) is 5.92 Å². The number of rotatable bonds is 82. The standard InChI is InChI=1S/C82H160O17P2/c1-6-9-12-15-18-21-24-27-28-29-30-31-32-33-34-35-37-42-48-53-58-63-68-82(87)99-78(72-93-80(85)66-61-56-51-46-43-38-39-44-49-54-59-64-75(4)5)74-97-101(90,91)95-70-76(83)69-94-100(88,89)96-73-77(71-92-79(84)65-60-55-50-45-40-26-23-20-17-14-11-8-3)98-81(86)67-62-57-52-47-41-36-25-22-19-16-13-10-7-2/h75-78,83H,6-74H2,1-5H3,(H,88,89)(H,90,91)/t76-,77+,78+/m0/s1. The zero-order chi connectivity index (χ0) is 74.1. The molecule has 2 unspecified atom stereocenters. The fraction of sp³-hybridized carbons (Fsp3) is 0.951. The van der Waals surface area contributed by atoms with E-state index in [2.05, 4.69) is 34.6 Å². The zero-order valence-electron chi connectivity index (χ0n) is 66.1. The van der Waals surface area contributed by atoms with Gasteiger partial charge in [-0.05, 0) is 31.6 Å². The van der Waals surface area contributed by atoms with Crippen molar-refractivity contribution in [2.45, 2.75) is 457 Å². The fourth-order valence-electron chi connectivity index (χ4n) is 12.8. The van der Waals surface area contributed by atoms with Crippen LogP contribution in [0, 0.1) is 5.92 Å². The summed E-state index contributed by atoms with van der Waals surface area (Å²) in [5.74, 6) is -1.33. The molecule has 0 aromatic rings. The van der Waals surface area contributed by atoms with Crippen LogP contribution in [-0.4, -0.2) is 96.7 Å². The van der Waals surface area contributed by atoms with Gasteiger partial charge in [-0.25, -0.2) is 9.13 Å². The maximum atomic E-state index is 13.1. The third-order valence-corrected chi connectivity index (χ3v) is 21.2. The van der Waals surface area contributed by atoms with Gasteiger partial charge in [0.1, 0.15) is 19.3 Å². The number of hydrogen-bond donors (Lipinski definition) is 3. The van der Waals surface area contributed by atoms with Crippen LogP contribution in [0.1, 0.15) is 439 Å². The molecule has 5 atom stereocenters. The predicted molar refractivity (Wildman–Crippen MR) is 414 cm³/mol. The summed E-state index contributed by atoms with van der Waals surface area (Å²) in [6, 6.07) is 0. The van der Waals surface area contributed by atoms with Crippen LogP contribution in [0.3, 0.4) is 0 Å². The van der Waals surface area contributed by atoms with Crippen LogP contribution in [0.25, 0.3) is 0 Å². The Labute approximate surface area is 619 Å². The monoisotopic (exact) mass is 1480 g/mol. The Morgan fingerprint density at radius 2 is 0.455 bits per heavy atom. The predicted octanol–water partition coefficient (Wildman–Crippen LogP) is 24.8. The average Bonchev–Trinajstić information content (AvgIpc) is 0.919. The molecule has 0 saturated carbocycles. The zero-order valence-corrected chi connectivity index (χ0v) is 67.8. The van der Waals surface area contributed by atoms with Gasteiger partial charge in [-0.1, -0.05) is 388 Å². The van der Waals surface area contributed by atoms with Crippen LogP contribution < -0.4 is 0 Å². The molecule has 0 heterocycles. The Morgan fingerprint density at radius 3 is 0.673 bits per heavy atom. The number of hydrogen-bond acceptors (Lipinski definition) is 15. The highest BCUT2D eigenvalue weighted by atomic mass is 31.2. The molecule has 101 heavy (non-hydrogen) atoms. The minimum atomic E-state index is -4.96. The number of esters is 4. The number of unbranched alkanes of at least 4 members (excludes halogenated alkanes) is 54. The fourth-order valence-corrected chi connectivity index (χ4v) is 14.3. The Kier molecular flexibility index (Phi) is 73.5. The highest BCUT2D eigenvalue weighted by molar-refractivity contribution is 7.47. The molecule has 0 bridgehead atoms. The van der Waals surface area contributed by atoms with E-state index in [9.17, 15) is 43.2 Å². The number of phosphoric ester groups is 2. The van der Waals surface area contributed by atoms with Gasteiger partial charge in [0.2, 0.25) is 0 Å². The second-order valence-electron chi connectivity index (χ2n) is 30.0. The molecule has 19 heteroatoms. The van der Waals surface area contributed by atoms with Gasteiger partial charge in [-0.2, -0.15) is 0 Å². The molecule has 0 aliphatic carbocycles. The van der Waals surface area contributed by atoms with E-state index in [-0.39, 0.29) is 25.7 Å². The van der Waals surface area contributed by atoms with Crippen molar-refractivity contribution < 1.29 is 80.2 Å². The summed E-state index contributed by atoms with van der Waals surface area (Å²) >= 11 is 0. The summed E-state index contributed by atoms with van der Waals surface area (Å²) in [5, 5.41) is 10.6. The highest BCUT2D eigenvalue weighted by Gasteiger charge is 2.30. The van der Waals surface area contributed by atoms with Crippen LogP contribution in [-0.2, 0) is 65.4 Å². The lowest BCUT2D eigenvalue weighted by Gasteiger charge is -2.21. The lowest BCUT2D eigenvalue weighted by molar-refractivity contribution is -0.161. The Bertz CT molecular complexity index is 1930. The van der Waals surface area contributed by atoms with E-state index in [1.165, 1.54) is 263 Å². The largest absolute Gasteiger partial charge is 0.472 e. The molecule has 0 rings (SSSR count). The van der Waals surface area contributed by atoms with Crippen molar-refractivity contribution >= 4 is 39.5 Å². The third kappa shape index (κ3) is 76.1. The first kappa shape index (κ1) is 99.1.